The molecule has 10 heteroatoms. The number of hydrogen-bond donors (Lipinski definition) is 4. The molecule has 2 aromatic rings. The first-order chi connectivity index (χ1) is 11.8. The molecule has 0 spiro atoms. The molecule has 25 heavy (non-hydrogen) atoms. The number of ether oxygens (including phenoxy) is 1. The average Bonchev–Trinajstić information content (AvgIpc) is 3.00. The molecule has 10 nitrogen and oxygen atoms in total. The highest BCUT2D eigenvalue weighted by Gasteiger charge is 2.53. The van der Waals surface area contributed by atoms with Crippen molar-refractivity contribution >= 4 is 28.5 Å². The van der Waals surface area contributed by atoms with Crippen molar-refractivity contribution in [3.05, 3.63) is 18.1 Å². The minimum Gasteiger partial charge on any atom is -0.394 e. The largest absolute Gasteiger partial charge is 0.394 e. The standard InChI is InChI=1S/C15H16N4O6/c1-15(24)11(23)8(4-20)25-14(15)19-3-6-7(21)2-9(22)18-12-10(6)13(19)17-5-16-12/h3,5,8,11,14,20,23-24H,2,4H2,1H3,(H,16,17,18,22)/t8-,11-,14?,15?/m1/s1. The summed E-state index contributed by atoms with van der Waals surface area (Å²) in [6, 6.07) is 0. The predicted octanol–water partition coefficient (Wildman–Crippen LogP) is -1.04. The number of aliphatic hydroxyl groups is 3. The summed E-state index contributed by atoms with van der Waals surface area (Å²) in [5.41, 5.74) is -1.23. The van der Waals surface area contributed by atoms with Crippen LogP contribution in [0.25, 0.3) is 11.0 Å². The topological polar surface area (TPSA) is 147 Å². The van der Waals surface area contributed by atoms with E-state index in [-0.39, 0.29) is 23.4 Å². The van der Waals surface area contributed by atoms with Crippen LogP contribution in [0.1, 0.15) is 29.9 Å². The molecule has 0 radical (unpaired) electrons. The van der Waals surface area contributed by atoms with E-state index in [4.69, 9.17) is 4.74 Å². The van der Waals surface area contributed by atoms with Gasteiger partial charge in [-0.3, -0.25) is 9.59 Å². The van der Waals surface area contributed by atoms with Gasteiger partial charge in [0.15, 0.2) is 12.0 Å². The third-order valence-corrected chi connectivity index (χ3v) is 4.68. The van der Waals surface area contributed by atoms with Gasteiger partial charge >= 0.3 is 0 Å². The number of aliphatic hydroxyl groups excluding tert-OH is 2. The molecule has 1 amide bonds. The van der Waals surface area contributed by atoms with Gasteiger partial charge in [-0.15, -0.1) is 0 Å². The normalized spacial score (nSPS) is 32.1. The van der Waals surface area contributed by atoms with E-state index in [1.54, 1.807) is 0 Å². The van der Waals surface area contributed by atoms with E-state index in [1.807, 2.05) is 0 Å². The molecule has 2 aliphatic heterocycles. The molecule has 0 bridgehead atoms. The zero-order valence-corrected chi connectivity index (χ0v) is 13.2. The van der Waals surface area contributed by atoms with Gasteiger partial charge in [-0.2, -0.15) is 0 Å². The number of amides is 1. The number of rotatable bonds is 2. The van der Waals surface area contributed by atoms with Crippen LogP contribution in [0.5, 0.6) is 0 Å². The molecule has 0 aliphatic carbocycles. The van der Waals surface area contributed by atoms with Gasteiger partial charge in [0, 0.05) is 11.8 Å². The van der Waals surface area contributed by atoms with Gasteiger partial charge in [-0.25, -0.2) is 9.97 Å². The van der Waals surface area contributed by atoms with E-state index in [1.165, 1.54) is 24.0 Å². The lowest BCUT2D eigenvalue weighted by molar-refractivity contribution is -0.115. The van der Waals surface area contributed by atoms with Crippen LogP contribution in [0.15, 0.2) is 12.5 Å². The molecule has 2 aromatic heterocycles. The van der Waals surface area contributed by atoms with Gasteiger partial charge in [-0.1, -0.05) is 0 Å². The van der Waals surface area contributed by atoms with Crippen molar-refractivity contribution in [1.29, 1.82) is 0 Å². The molecule has 1 fully saturated rings. The van der Waals surface area contributed by atoms with Gasteiger partial charge in [0.1, 0.15) is 35.6 Å². The molecule has 4 atom stereocenters. The second-order valence-corrected chi connectivity index (χ2v) is 6.40. The Morgan fingerprint density at radius 3 is 2.88 bits per heavy atom. The summed E-state index contributed by atoms with van der Waals surface area (Å²) in [6.07, 6.45) is -1.08. The predicted molar refractivity (Wildman–Crippen MR) is 82.7 cm³/mol. The summed E-state index contributed by atoms with van der Waals surface area (Å²) in [4.78, 5) is 32.2. The van der Waals surface area contributed by atoms with Crippen molar-refractivity contribution in [2.75, 3.05) is 11.9 Å². The molecule has 1 saturated heterocycles. The Morgan fingerprint density at radius 1 is 1.44 bits per heavy atom. The Labute approximate surface area is 141 Å². The molecule has 2 aliphatic rings. The summed E-state index contributed by atoms with van der Waals surface area (Å²) in [6.45, 7) is 0.899. The number of hydrogen-bond acceptors (Lipinski definition) is 8. The van der Waals surface area contributed by atoms with Crippen LogP contribution < -0.4 is 5.32 Å². The molecular formula is C15H16N4O6. The highest BCUT2D eigenvalue weighted by atomic mass is 16.6. The fraction of sp³-hybridized carbons (Fsp3) is 0.467. The first kappa shape index (κ1) is 16.1. The lowest BCUT2D eigenvalue weighted by atomic mass is 9.96. The molecule has 0 aromatic carbocycles. The number of Topliss-reactive ketones (excluding diaryl/α,β-unsaturated/α-hetero) is 1. The van der Waals surface area contributed by atoms with Crippen LogP contribution in [0, 0.1) is 0 Å². The average molecular weight is 348 g/mol. The summed E-state index contributed by atoms with van der Waals surface area (Å²) in [5, 5.41) is 33.1. The maximum Gasteiger partial charge on any atom is 0.233 e. The SMILES string of the molecule is CC1(O)C(n2cc3c4c(ncnc42)NC(=O)CC3=O)O[C@H](CO)[C@H]1O. The number of aromatic nitrogens is 3. The lowest BCUT2D eigenvalue weighted by Gasteiger charge is -2.27. The molecule has 2 unspecified atom stereocenters. The monoisotopic (exact) mass is 348 g/mol. The lowest BCUT2D eigenvalue weighted by Crippen LogP contribution is -2.44. The third-order valence-electron chi connectivity index (χ3n) is 4.68. The smallest absolute Gasteiger partial charge is 0.233 e. The fourth-order valence-electron chi connectivity index (χ4n) is 3.38. The Balaban J connectivity index is 1.92. The number of nitrogens with one attached hydrogen (secondary N) is 1. The van der Waals surface area contributed by atoms with Crippen molar-refractivity contribution in [1.82, 2.24) is 14.5 Å². The number of carbonyl (C=O) groups excluding carboxylic acids is 2. The first-order valence-electron chi connectivity index (χ1n) is 7.70. The number of anilines is 1. The van der Waals surface area contributed by atoms with E-state index in [0.717, 1.165) is 0 Å². The van der Waals surface area contributed by atoms with Crippen LogP contribution in [-0.2, 0) is 9.53 Å². The van der Waals surface area contributed by atoms with Gasteiger partial charge in [0.2, 0.25) is 5.91 Å². The molecule has 0 saturated carbocycles. The Bertz CT molecular complexity index is 892. The van der Waals surface area contributed by atoms with Crippen LogP contribution >= 0.6 is 0 Å². The second kappa shape index (κ2) is 5.30. The summed E-state index contributed by atoms with van der Waals surface area (Å²) < 4.78 is 7.01. The summed E-state index contributed by atoms with van der Waals surface area (Å²) >= 11 is 0. The van der Waals surface area contributed by atoms with Crippen molar-refractivity contribution in [3.63, 3.8) is 0 Å². The first-order valence-corrected chi connectivity index (χ1v) is 7.70. The van der Waals surface area contributed by atoms with Gasteiger partial charge in [-0.05, 0) is 6.92 Å². The van der Waals surface area contributed by atoms with Gasteiger partial charge in [0.05, 0.1) is 18.4 Å². The van der Waals surface area contributed by atoms with Crippen molar-refractivity contribution in [3.8, 4) is 0 Å². The maximum atomic E-state index is 12.4. The number of nitrogens with zero attached hydrogens (tertiary/aromatic N) is 3. The minimum absolute atomic E-state index is 0.200. The zero-order chi connectivity index (χ0) is 17.9. The van der Waals surface area contributed by atoms with Crippen LogP contribution in [-0.4, -0.2) is 66.0 Å². The van der Waals surface area contributed by atoms with E-state index >= 15 is 0 Å². The molecule has 132 valence electrons. The number of ketones is 1. The van der Waals surface area contributed by atoms with Gasteiger partial charge < -0.3 is 29.9 Å². The quantitative estimate of drug-likeness (QED) is 0.503. The zero-order valence-electron chi connectivity index (χ0n) is 13.2. The van der Waals surface area contributed by atoms with E-state index in [0.29, 0.717) is 5.39 Å². The van der Waals surface area contributed by atoms with Crippen molar-refractivity contribution in [2.24, 2.45) is 0 Å². The van der Waals surface area contributed by atoms with E-state index in [9.17, 15) is 24.9 Å². The van der Waals surface area contributed by atoms with Gasteiger partial charge in [0.25, 0.3) is 0 Å². The van der Waals surface area contributed by atoms with Crippen LogP contribution in [0.3, 0.4) is 0 Å². The number of carbonyl (C=O) groups is 2. The Hall–Kier alpha value is -2.40. The fourth-order valence-corrected chi connectivity index (χ4v) is 3.38. The maximum absolute atomic E-state index is 12.4. The minimum atomic E-state index is -1.72. The molecule has 4 rings (SSSR count). The highest BCUT2D eigenvalue weighted by Crippen LogP contribution is 2.41. The third kappa shape index (κ3) is 2.19. The van der Waals surface area contributed by atoms with E-state index < -0.39 is 42.3 Å². The summed E-state index contributed by atoms with van der Waals surface area (Å²) in [5.74, 6) is -0.675. The molecule has 4 heterocycles. The Morgan fingerprint density at radius 2 is 2.20 bits per heavy atom. The Kier molecular flexibility index (Phi) is 3.41. The van der Waals surface area contributed by atoms with Crippen molar-refractivity contribution < 1.29 is 29.6 Å². The van der Waals surface area contributed by atoms with Crippen LogP contribution in [0.2, 0.25) is 0 Å². The summed E-state index contributed by atoms with van der Waals surface area (Å²) in [7, 11) is 0. The van der Waals surface area contributed by atoms with Crippen molar-refractivity contribution in [2.45, 2.75) is 37.4 Å². The van der Waals surface area contributed by atoms with Crippen LogP contribution in [0.4, 0.5) is 5.82 Å². The molecule has 4 N–H and O–H groups in total. The second-order valence-electron chi connectivity index (χ2n) is 6.40. The highest BCUT2D eigenvalue weighted by molar-refractivity contribution is 6.21. The molecular weight excluding hydrogens is 332 g/mol. The van der Waals surface area contributed by atoms with E-state index in [2.05, 4.69) is 15.3 Å².